The Morgan fingerprint density at radius 3 is 2.76 bits per heavy atom. The van der Waals surface area contributed by atoms with Crippen LogP contribution in [-0.4, -0.2) is 49.9 Å². The van der Waals surface area contributed by atoms with Crippen LogP contribution in [0.2, 0.25) is 5.02 Å². The second kappa shape index (κ2) is 11.5. The number of carbonyl (C=O) groups is 1. The van der Waals surface area contributed by atoms with Gasteiger partial charge in [0.05, 0.1) is 25.4 Å². The number of anilines is 2. The summed E-state index contributed by atoms with van der Waals surface area (Å²) in [5, 5.41) is 10.3. The van der Waals surface area contributed by atoms with Gasteiger partial charge in [0.2, 0.25) is 5.91 Å². The number of rotatable bonds is 10. The van der Waals surface area contributed by atoms with Gasteiger partial charge < -0.3 is 20.1 Å². The van der Waals surface area contributed by atoms with E-state index in [9.17, 15) is 17.6 Å². The normalized spacial score (nSPS) is 15.0. The van der Waals surface area contributed by atoms with Crippen LogP contribution in [0.15, 0.2) is 47.5 Å². The highest BCUT2D eigenvalue weighted by molar-refractivity contribution is 7.93. The Bertz CT molecular complexity index is 1410. The summed E-state index contributed by atoms with van der Waals surface area (Å²) in [4.78, 5) is 11.4. The molecule has 0 saturated heterocycles. The summed E-state index contributed by atoms with van der Waals surface area (Å²) in [5.41, 5.74) is 1.10. The molecule has 0 spiro atoms. The number of halogens is 2. The fourth-order valence-electron chi connectivity index (χ4n) is 3.98. The number of sulfonamides is 1. The lowest BCUT2D eigenvalue weighted by Crippen LogP contribution is -2.48. The topological polar surface area (TPSA) is 115 Å². The van der Waals surface area contributed by atoms with Gasteiger partial charge in [-0.1, -0.05) is 17.7 Å². The van der Waals surface area contributed by atoms with Crippen molar-refractivity contribution >= 4 is 38.9 Å². The Morgan fingerprint density at radius 1 is 1.29 bits per heavy atom. The fraction of sp³-hybridized carbons (Fsp3) is 0.360. The molecule has 2 aromatic carbocycles. The summed E-state index contributed by atoms with van der Waals surface area (Å²) in [6.07, 6.45) is 0.787. The highest BCUT2D eigenvalue weighted by atomic mass is 35.5. The van der Waals surface area contributed by atoms with Crippen LogP contribution in [0.25, 0.3) is 0 Å². The zero-order chi connectivity index (χ0) is 27.4. The summed E-state index contributed by atoms with van der Waals surface area (Å²) < 4.78 is 56.5. The maximum absolute atomic E-state index is 14.3. The molecule has 3 aromatic rings. The van der Waals surface area contributed by atoms with Gasteiger partial charge in [0, 0.05) is 42.5 Å². The van der Waals surface area contributed by atoms with Gasteiger partial charge in [0.25, 0.3) is 15.9 Å². The molecule has 38 heavy (non-hydrogen) atoms. The Hall–Kier alpha value is -3.51. The van der Waals surface area contributed by atoms with Crippen LogP contribution in [0.3, 0.4) is 0 Å². The van der Waals surface area contributed by atoms with E-state index in [0.29, 0.717) is 18.0 Å². The molecule has 1 aliphatic rings. The van der Waals surface area contributed by atoms with Gasteiger partial charge in [-0.15, -0.1) is 5.10 Å². The molecule has 2 N–H and O–H groups in total. The highest BCUT2D eigenvalue weighted by Gasteiger charge is 2.38. The molecule has 0 aliphatic carbocycles. The zero-order valence-corrected chi connectivity index (χ0v) is 22.8. The van der Waals surface area contributed by atoms with Gasteiger partial charge in [0.15, 0.2) is 4.90 Å². The van der Waals surface area contributed by atoms with E-state index in [1.54, 1.807) is 31.2 Å². The summed E-state index contributed by atoms with van der Waals surface area (Å²) >= 11 is 6.15. The molecule has 0 radical (unpaired) electrons. The molecule has 13 heteroatoms. The van der Waals surface area contributed by atoms with Gasteiger partial charge in [0.1, 0.15) is 17.7 Å². The van der Waals surface area contributed by atoms with Crippen molar-refractivity contribution in [3.05, 3.63) is 59.0 Å². The van der Waals surface area contributed by atoms with E-state index in [1.165, 1.54) is 34.2 Å². The maximum Gasteiger partial charge on any atom is 0.271 e. The number of hydrogen-bond donors (Lipinski definition) is 2. The quantitative estimate of drug-likeness (QED) is 0.384. The van der Waals surface area contributed by atoms with Crippen molar-refractivity contribution in [3.8, 4) is 11.6 Å². The first-order valence-electron chi connectivity index (χ1n) is 12.1. The van der Waals surface area contributed by atoms with Crippen molar-refractivity contribution in [2.24, 2.45) is 0 Å². The zero-order valence-electron chi connectivity index (χ0n) is 21.2. The van der Waals surface area contributed by atoms with Crippen molar-refractivity contribution in [2.45, 2.75) is 44.9 Å². The predicted molar refractivity (Wildman–Crippen MR) is 142 cm³/mol. The third kappa shape index (κ3) is 5.81. The van der Waals surface area contributed by atoms with E-state index in [1.807, 2.05) is 6.92 Å². The van der Waals surface area contributed by atoms with E-state index in [4.69, 9.17) is 21.1 Å². The number of nitrogens with zero attached hydrogens (tertiary/aromatic N) is 3. The van der Waals surface area contributed by atoms with Crippen molar-refractivity contribution in [3.63, 3.8) is 0 Å². The number of benzene rings is 2. The van der Waals surface area contributed by atoms with Crippen LogP contribution in [0, 0.1) is 5.82 Å². The summed E-state index contributed by atoms with van der Waals surface area (Å²) in [7, 11) is -4.16. The standard InChI is InChI=1S/C25H29ClFN5O5S/c1-4-31-15-24(25(30-31)36-5-2)38(34,35)32-14-18(12-28-16(3)33)37-23-10-9-17(11-22(23)32)29-13-19-20(26)7-6-8-21(19)27/h6-11,15,18,29H,4-5,12-14H2,1-3H3,(H,28,33)/t18-/m0/s1. The second-order valence-electron chi connectivity index (χ2n) is 8.54. The first-order chi connectivity index (χ1) is 18.1. The van der Waals surface area contributed by atoms with Gasteiger partial charge in [-0.25, -0.2) is 12.8 Å². The predicted octanol–water partition coefficient (Wildman–Crippen LogP) is 3.80. The van der Waals surface area contributed by atoms with Gasteiger partial charge in [-0.05, 0) is 44.2 Å². The van der Waals surface area contributed by atoms with E-state index >= 15 is 0 Å². The molecule has 1 aliphatic heterocycles. The first-order valence-corrected chi connectivity index (χ1v) is 13.9. The van der Waals surface area contributed by atoms with Crippen LogP contribution in [0.4, 0.5) is 15.8 Å². The minimum Gasteiger partial charge on any atom is -0.484 e. The van der Waals surface area contributed by atoms with Crippen molar-refractivity contribution < 1.29 is 27.1 Å². The second-order valence-corrected chi connectivity index (χ2v) is 10.8. The Labute approximate surface area is 225 Å². The van der Waals surface area contributed by atoms with E-state index in [2.05, 4.69) is 15.7 Å². The smallest absolute Gasteiger partial charge is 0.271 e. The van der Waals surface area contributed by atoms with Gasteiger partial charge >= 0.3 is 0 Å². The molecule has 1 amide bonds. The molecule has 0 bridgehead atoms. The third-order valence-electron chi connectivity index (χ3n) is 5.87. The highest BCUT2D eigenvalue weighted by Crippen LogP contribution is 2.40. The monoisotopic (exact) mass is 565 g/mol. The number of aromatic nitrogens is 2. The lowest BCUT2D eigenvalue weighted by molar-refractivity contribution is -0.119. The van der Waals surface area contributed by atoms with Crippen molar-refractivity contribution in [1.29, 1.82) is 0 Å². The van der Waals surface area contributed by atoms with Crippen molar-refractivity contribution in [2.75, 3.05) is 29.3 Å². The molecule has 0 unspecified atom stereocenters. The summed E-state index contributed by atoms with van der Waals surface area (Å²) in [6, 6.07) is 9.37. The van der Waals surface area contributed by atoms with E-state index in [0.717, 1.165) is 0 Å². The molecule has 10 nitrogen and oxygen atoms in total. The first kappa shape index (κ1) is 27.5. The largest absolute Gasteiger partial charge is 0.484 e. The summed E-state index contributed by atoms with van der Waals surface area (Å²) in [6.45, 7) is 5.77. The van der Waals surface area contributed by atoms with E-state index < -0.39 is 21.9 Å². The molecule has 2 heterocycles. The average molecular weight is 566 g/mol. The fourth-order valence-corrected chi connectivity index (χ4v) is 5.79. The third-order valence-corrected chi connectivity index (χ3v) is 7.99. The minimum atomic E-state index is -4.16. The number of carbonyl (C=O) groups excluding carboxylic acids is 1. The number of ether oxygens (including phenoxy) is 2. The number of hydrogen-bond acceptors (Lipinski definition) is 7. The number of aryl methyl sites for hydroxylation is 1. The Kier molecular flexibility index (Phi) is 8.32. The molecule has 1 atom stereocenters. The molecule has 4 rings (SSSR count). The molecule has 204 valence electrons. The molecule has 0 saturated carbocycles. The molecular weight excluding hydrogens is 537 g/mol. The van der Waals surface area contributed by atoms with Gasteiger partial charge in [-0.2, -0.15) is 0 Å². The average Bonchev–Trinajstić information content (AvgIpc) is 3.31. The van der Waals surface area contributed by atoms with Crippen LogP contribution in [0.5, 0.6) is 11.6 Å². The number of fused-ring (bicyclic) bond motifs is 1. The maximum atomic E-state index is 14.3. The van der Waals surface area contributed by atoms with Gasteiger partial charge in [-0.3, -0.25) is 13.8 Å². The minimum absolute atomic E-state index is 0.00396. The Balaban J connectivity index is 1.72. The molecule has 1 aromatic heterocycles. The van der Waals surface area contributed by atoms with Crippen LogP contribution in [0.1, 0.15) is 26.3 Å². The molecular formula is C25H29ClFN5O5S. The lowest BCUT2D eigenvalue weighted by atomic mass is 10.1. The Morgan fingerprint density at radius 2 is 2.08 bits per heavy atom. The van der Waals surface area contributed by atoms with Crippen molar-refractivity contribution in [1.82, 2.24) is 15.1 Å². The van der Waals surface area contributed by atoms with Crippen LogP contribution >= 0.6 is 11.6 Å². The van der Waals surface area contributed by atoms with E-state index in [-0.39, 0.29) is 59.2 Å². The lowest BCUT2D eigenvalue weighted by Gasteiger charge is -2.35. The number of nitrogens with one attached hydrogen (secondary N) is 2. The SMILES string of the molecule is CCOc1nn(CC)cc1S(=O)(=O)N1C[C@H](CNC(C)=O)Oc2ccc(NCc3c(F)cccc3Cl)cc21. The van der Waals surface area contributed by atoms with Crippen LogP contribution < -0.4 is 24.4 Å². The number of amides is 1. The summed E-state index contributed by atoms with van der Waals surface area (Å²) in [5.74, 6) is -0.398. The molecule has 0 fully saturated rings. The van der Waals surface area contributed by atoms with Crippen LogP contribution in [-0.2, 0) is 27.9 Å².